The van der Waals surface area contributed by atoms with Crippen LogP contribution in [0.15, 0.2) is 24.1 Å². The molecular weight excluding hydrogens is 234 g/mol. The highest BCUT2D eigenvalue weighted by molar-refractivity contribution is 9.10. The molecular formula is C7H5BrF2O2. The Kier molecular flexibility index (Phi) is 2.32. The first-order valence-corrected chi connectivity index (χ1v) is 3.90. The Hall–Kier alpha value is -0.710. The average molecular weight is 239 g/mol. The second-order valence-corrected chi connectivity index (χ2v) is 3.57. The van der Waals surface area contributed by atoms with Crippen molar-refractivity contribution in [3.05, 3.63) is 24.1 Å². The summed E-state index contributed by atoms with van der Waals surface area (Å²) in [5, 5.41) is 8.46. The van der Waals surface area contributed by atoms with Crippen molar-refractivity contribution in [1.29, 1.82) is 0 Å². The Balaban J connectivity index is 3.03. The highest BCUT2D eigenvalue weighted by atomic mass is 79.9. The number of hydrogen-bond donors (Lipinski definition) is 1. The van der Waals surface area contributed by atoms with Crippen LogP contribution in [-0.2, 0) is 4.79 Å². The minimum Gasteiger partial charge on any atom is -0.481 e. The average Bonchev–Trinajstić information content (AvgIpc) is 1.82. The van der Waals surface area contributed by atoms with Crippen molar-refractivity contribution in [2.45, 2.75) is 4.58 Å². The molecule has 0 amide bonds. The van der Waals surface area contributed by atoms with Crippen molar-refractivity contribution in [1.82, 2.24) is 0 Å². The number of halogens is 3. The SMILES string of the molecule is O=C(O)C1C(F)=CC=CC1(F)Br. The second-order valence-electron chi connectivity index (χ2n) is 2.36. The number of carbonyl (C=O) groups is 1. The van der Waals surface area contributed by atoms with E-state index in [9.17, 15) is 13.6 Å². The zero-order valence-corrected chi connectivity index (χ0v) is 7.38. The number of hydrogen-bond acceptors (Lipinski definition) is 1. The summed E-state index contributed by atoms with van der Waals surface area (Å²) in [7, 11) is 0. The van der Waals surface area contributed by atoms with Crippen LogP contribution in [0.5, 0.6) is 0 Å². The van der Waals surface area contributed by atoms with E-state index in [1.54, 1.807) is 0 Å². The van der Waals surface area contributed by atoms with E-state index >= 15 is 0 Å². The van der Waals surface area contributed by atoms with Crippen LogP contribution in [0.4, 0.5) is 8.78 Å². The predicted molar refractivity (Wildman–Crippen MR) is 42.2 cm³/mol. The third-order valence-corrected chi connectivity index (χ3v) is 2.20. The lowest BCUT2D eigenvalue weighted by atomic mass is 9.98. The second kappa shape index (κ2) is 2.97. The molecule has 0 radical (unpaired) electrons. The van der Waals surface area contributed by atoms with E-state index in [0.717, 1.165) is 18.2 Å². The van der Waals surface area contributed by atoms with Gasteiger partial charge in [0.15, 0.2) is 5.92 Å². The molecule has 2 nitrogen and oxygen atoms in total. The van der Waals surface area contributed by atoms with E-state index in [2.05, 4.69) is 15.9 Å². The van der Waals surface area contributed by atoms with Gasteiger partial charge in [-0.15, -0.1) is 0 Å². The molecule has 0 saturated carbocycles. The van der Waals surface area contributed by atoms with Crippen molar-refractivity contribution < 1.29 is 18.7 Å². The Morgan fingerprint density at radius 3 is 2.67 bits per heavy atom. The quantitative estimate of drug-likeness (QED) is 0.712. The van der Waals surface area contributed by atoms with Gasteiger partial charge in [0.25, 0.3) is 0 Å². The van der Waals surface area contributed by atoms with Gasteiger partial charge in [0, 0.05) is 0 Å². The number of allylic oxidation sites excluding steroid dienone is 3. The van der Waals surface area contributed by atoms with Crippen LogP contribution in [0.3, 0.4) is 0 Å². The molecule has 1 N–H and O–H groups in total. The lowest BCUT2D eigenvalue weighted by molar-refractivity contribution is -0.142. The zero-order chi connectivity index (χ0) is 9.35. The normalized spacial score (nSPS) is 34.6. The third-order valence-electron chi connectivity index (χ3n) is 1.48. The zero-order valence-electron chi connectivity index (χ0n) is 5.80. The van der Waals surface area contributed by atoms with E-state index < -0.39 is 22.3 Å². The predicted octanol–water partition coefficient (Wildman–Crippen LogP) is 2.17. The Morgan fingerprint density at radius 1 is 1.75 bits per heavy atom. The van der Waals surface area contributed by atoms with Gasteiger partial charge in [0.2, 0.25) is 4.58 Å². The van der Waals surface area contributed by atoms with Crippen LogP contribution >= 0.6 is 15.9 Å². The number of carboxylic acid groups (broad SMARTS) is 1. The van der Waals surface area contributed by atoms with E-state index in [4.69, 9.17) is 5.11 Å². The fourth-order valence-electron chi connectivity index (χ4n) is 0.927. The van der Waals surface area contributed by atoms with Crippen LogP contribution in [0.2, 0.25) is 0 Å². The molecule has 0 fully saturated rings. The molecule has 0 bridgehead atoms. The summed E-state index contributed by atoms with van der Waals surface area (Å²) in [5.74, 6) is -4.32. The molecule has 0 aromatic carbocycles. The van der Waals surface area contributed by atoms with Crippen molar-refractivity contribution in [2.75, 3.05) is 0 Å². The van der Waals surface area contributed by atoms with Gasteiger partial charge >= 0.3 is 5.97 Å². The minimum atomic E-state index is -2.32. The van der Waals surface area contributed by atoms with Crippen LogP contribution in [0.25, 0.3) is 0 Å². The molecule has 2 atom stereocenters. The maximum atomic E-state index is 13.2. The summed E-state index contributed by atoms with van der Waals surface area (Å²) in [5.41, 5.74) is 0. The van der Waals surface area contributed by atoms with Gasteiger partial charge < -0.3 is 5.11 Å². The molecule has 5 heteroatoms. The summed E-state index contributed by atoms with van der Waals surface area (Å²) in [4.78, 5) is 10.4. The number of aliphatic carboxylic acids is 1. The third kappa shape index (κ3) is 1.55. The molecule has 1 aliphatic carbocycles. The van der Waals surface area contributed by atoms with Crippen molar-refractivity contribution >= 4 is 21.9 Å². The van der Waals surface area contributed by atoms with E-state index in [1.165, 1.54) is 0 Å². The van der Waals surface area contributed by atoms with Crippen LogP contribution in [0.1, 0.15) is 0 Å². The van der Waals surface area contributed by atoms with Crippen LogP contribution in [0, 0.1) is 5.92 Å². The molecule has 2 unspecified atom stereocenters. The van der Waals surface area contributed by atoms with Gasteiger partial charge in [-0.25, -0.2) is 8.78 Å². The van der Waals surface area contributed by atoms with E-state index in [1.807, 2.05) is 0 Å². The van der Waals surface area contributed by atoms with Crippen LogP contribution in [-0.4, -0.2) is 15.7 Å². The van der Waals surface area contributed by atoms with Gasteiger partial charge in [-0.2, -0.15) is 0 Å². The lowest BCUT2D eigenvalue weighted by Crippen LogP contribution is -2.33. The van der Waals surface area contributed by atoms with Crippen molar-refractivity contribution in [2.24, 2.45) is 5.92 Å². The smallest absolute Gasteiger partial charge is 0.317 e. The molecule has 0 heterocycles. The van der Waals surface area contributed by atoms with Gasteiger partial charge in [0.1, 0.15) is 5.83 Å². The summed E-state index contributed by atoms with van der Waals surface area (Å²) >= 11 is 2.48. The van der Waals surface area contributed by atoms with Crippen molar-refractivity contribution in [3.8, 4) is 0 Å². The lowest BCUT2D eigenvalue weighted by Gasteiger charge is -2.23. The first-order valence-electron chi connectivity index (χ1n) is 3.10. The number of carboxylic acids is 1. The molecule has 66 valence electrons. The molecule has 12 heavy (non-hydrogen) atoms. The van der Waals surface area contributed by atoms with Gasteiger partial charge in [-0.05, 0) is 28.1 Å². The first-order chi connectivity index (χ1) is 5.45. The Morgan fingerprint density at radius 2 is 2.33 bits per heavy atom. The molecule has 0 saturated heterocycles. The van der Waals surface area contributed by atoms with Gasteiger partial charge in [-0.3, -0.25) is 4.79 Å². The first kappa shape index (κ1) is 9.38. The van der Waals surface area contributed by atoms with Crippen molar-refractivity contribution in [3.63, 3.8) is 0 Å². The Bertz CT molecular complexity index is 271. The summed E-state index contributed by atoms with van der Waals surface area (Å²) in [6.45, 7) is 0. The maximum Gasteiger partial charge on any atom is 0.317 e. The fourth-order valence-corrected chi connectivity index (χ4v) is 1.49. The number of alkyl halides is 2. The van der Waals surface area contributed by atoms with Crippen LogP contribution < -0.4 is 0 Å². The Labute approximate surface area is 75.7 Å². The monoisotopic (exact) mass is 238 g/mol. The highest BCUT2D eigenvalue weighted by Gasteiger charge is 2.44. The largest absolute Gasteiger partial charge is 0.481 e. The fraction of sp³-hybridized carbons (Fsp3) is 0.286. The number of rotatable bonds is 1. The minimum absolute atomic E-state index is 0.928. The van der Waals surface area contributed by atoms with E-state index in [0.29, 0.717) is 0 Å². The summed E-state index contributed by atoms with van der Waals surface area (Å²) < 4.78 is 23.6. The standard InChI is InChI=1S/C7H5BrF2O2/c8-7(10)3-1-2-4(9)5(7)6(11)12/h1-3,5H,(H,11,12). The van der Waals surface area contributed by atoms with Gasteiger partial charge in [-0.1, -0.05) is 6.08 Å². The molecule has 0 aromatic heterocycles. The molecule has 0 spiro atoms. The topological polar surface area (TPSA) is 37.3 Å². The molecule has 1 aliphatic rings. The summed E-state index contributed by atoms with van der Waals surface area (Å²) in [6, 6.07) is 0. The van der Waals surface area contributed by atoms with E-state index in [-0.39, 0.29) is 0 Å². The molecule has 0 aliphatic heterocycles. The summed E-state index contributed by atoms with van der Waals surface area (Å²) in [6.07, 6.45) is 3.01. The molecule has 0 aromatic rings. The maximum absolute atomic E-state index is 13.2. The highest BCUT2D eigenvalue weighted by Crippen LogP contribution is 2.39. The molecule has 1 rings (SSSR count). The van der Waals surface area contributed by atoms with Gasteiger partial charge in [0.05, 0.1) is 0 Å².